The highest BCUT2D eigenvalue weighted by Crippen LogP contribution is 2.49. The molecule has 2 heterocycles. The molecule has 0 unspecified atom stereocenters. The highest BCUT2D eigenvalue weighted by atomic mass is 32.2. The normalized spacial score (nSPS) is 12.3. The topological polar surface area (TPSA) is 4.93 Å². The Hall–Kier alpha value is -6.09. The Kier molecular flexibility index (Phi) is 5.96. The lowest BCUT2D eigenvalue weighted by Crippen LogP contribution is -1.95. The summed E-state index contributed by atoms with van der Waals surface area (Å²) in [6.45, 7) is 0. The molecule has 0 atom stereocenters. The van der Waals surface area contributed by atoms with E-state index in [2.05, 4.69) is 180 Å². The SMILES string of the molecule is c1cc(-c2ccc(-n3c4c5ccccc5ccc4c4ccc5ccccc5c43)cc2)cc(-c2ccc3c(c2)-c2cccc4cccc(c24)S3)c1. The number of nitrogens with zero attached hydrogens (tertiary/aromatic N) is 1. The van der Waals surface area contributed by atoms with Gasteiger partial charge in [-0.05, 0) is 85.9 Å². The van der Waals surface area contributed by atoms with Gasteiger partial charge in [-0.3, -0.25) is 0 Å². The van der Waals surface area contributed by atoms with Crippen LogP contribution >= 0.6 is 11.8 Å². The van der Waals surface area contributed by atoms with Crippen molar-refractivity contribution in [2.24, 2.45) is 0 Å². The summed E-state index contributed by atoms with van der Waals surface area (Å²) in [7, 11) is 0. The van der Waals surface area contributed by atoms with Crippen LogP contribution in [-0.4, -0.2) is 4.57 Å². The van der Waals surface area contributed by atoms with Crippen molar-refractivity contribution in [1.29, 1.82) is 0 Å². The number of hydrogen-bond donors (Lipinski definition) is 0. The van der Waals surface area contributed by atoms with Gasteiger partial charge in [0.2, 0.25) is 0 Å². The first kappa shape index (κ1) is 27.8. The standard InChI is InChI=1S/C48H29NS/c1-3-14-38-31(8-1)20-25-41-42-26-21-32-9-2-4-15-39(32)48(42)49(47(38)41)37-23-18-30(19-24-37)34-12-5-13-35(28-34)36-22-27-44-43(29-36)40-16-6-10-33-11-7-17-45(50-44)46(33)40/h1-29H. The van der Waals surface area contributed by atoms with Gasteiger partial charge >= 0.3 is 0 Å². The van der Waals surface area contributed by atoms with E-state index >= 15 is 0 Å². The minimum atomic E-state index is 1.17. The molecule has 50 heavy (non-hydrogen) atoms. The molecule has 0 saturated carbocycles. The molecule has 0 bridgehead atoms. The molecule has 1 aliphatic heterocycles. The lowest BCUT2D eigenvalue weighted by Gasteiger charge is -2.21. The van der Waals surface area contributed by atoms with Crippen LogP contribution in [0, 0.1) is 0 Å². The predicted molar refractivity (Wildman–Crippen MR) is 214 cm³/mol. The van der Waals surface area contributed by atoms with E-state index in [9.17, 15) is 0 Å². The fourth-order valence-electron chi connectivity index (χ4n) is 8.22. The molecule has 232 valence electrons. The Bertz CT molecular complexity index is 2900. The summed E-state index contributed by atoms with van der Waals surface area (Å²) in [5.41, 5.74) is 11.2. The zero-order valence-electron chi connectivity index (χ0n) is 27.1. The molecule has 0 fully saturated rings. The Balaban J connectivity index is 1.04. The van der Waals surface area contributed by atoms with Crippen LogP contribution in [0.4, 0.5) is 0 Å². The maximum Gasteiger partial charge on any atom is 0.0619 e. The molecule has 10 aromatic rings. The van der Waals surface area contributed by atoms with Gasteiger partial charge in [-0.25, -0.2) is 0 Å². The third kappa shape index (κ3) is 4.09. The summed E-state index contributed by atoms with van der Waals surface area (Å²) in [6.07, 6.45) is 0. The highest BCUT2D eigenvalue weighted by molar-refractivity contribution is 7.99. The third-order valence-electron chi connectivity index (χ3n) is 10.5. The molecule has 1 aromatic heterocycles. The Labute approximate surface area is 294 Å². The van der Waals surface area contributed by atoms with E-state index < -0.39 is 0 Å². The molecule has 1 aliphatic rings. The second-order valence-electron chi connectivity index (χ2n) is 13.3. The summed E-state index contributed by atoms with van der Waals surface area (Å²) < 4.78 is 2.49. The van der Waals surface area contributed by atoms with E-state index in [1.165, 1.54) is 103 Å². The lowest BCUT2D eigenvalue weighted by molar-refractivity contribution is 1.19. The van der Waals surface area contributed by atoms with Crippen molar-refractivity contribution in [1.82, 2.24) is 4.57 Å². The number of aromatic nitrogens is 1. The van der Waals surface area contributed by atoms with Crippen LogP contribution in [-0.2, 0) is 0 Å². The largest absolute Gasteiger partial charge is 0.308 e. The molecule has 0 spiro atoms. The molecular formula is C48H29NS. The predicted octanol–water partition coefficient (Wildman–Crippen LogP) is 13.7. The van der Waals surface area contributed by atoms with Crippen LogP contribution in [0.5, 0.6) is 0 Å². The fraction of sp³-hybridized carbons (Fsp3) is 0. The van der Waals surface area contributed by atoms with Crippen LogP contribution in [0.1, 0.15) is 0 Å². The number of fused-ring (bicyclic) bond motifs is 9. The van der Waals surface area contributed by atoms with Crippen LogP contribution in [0.2, 0.25) is 0 Å². The van der Waals surface area contributed by atoms with Crippen molar-refractivity contribution in [3.05, 3.63) is 176 Å². The van der Waals surface area contributed by atoms with E-state index in [1.807, 2.05) is 11.8 Å². The van der Waals surface area contributed by atoms with Crippen molar-refractivity contribution >= 4 is 65.9 Å². The minimum absolute atomic E-state index is 1.17. The fourth-order valence-corrected chi connectivity index (χ4v) is 9.35. The Morgan fingerprint density at radius 2 is 0.920 bits per heavy atom. The first-order chi connectivity index (χ1) is 24.8. The Morgan fingerprint density at radius 3 is 1.64 bits per heavy atom. The van der Waals surface area contributed by atoms with Crippen LogP contribution in [0.3, 0.4) is 0 Å². The maximum absolute atomic E-state index is 2.49. The van der Waals surface area contributed by atoms with Gasteiger partial charge in [-0.1, -0.05) is 151 Å². The van der Waals surface area contributed by atoms with Crippen molar-refractivity contribution < 1.29 is 0 Å². The van der Waals surface area contributed by atoms with Crippen molar-refractivity contribution in [2.45, 2.75) is 9.79 Å². The zero-order valence-corrected chi connectivity index (χ0v) is 27.9. The first-order valence-electron chi connectivity index (χ1n) is 17.2. The van der Waals surface area contributed by atoms with Gasteiger partial charge < -0.3 is 4.57 Å². The molecule has 0 radical (unpaired) electrons. The summed E-state index contributed by atoms with van der Waals surface area (Å²) in [6, 6.07) is 65.0. The van der Waals surface area contributed by atoms with E-state index in [4.69, 9.17) is 0 Å². The molecule has 0 amide bonds. The molecule has 0 saturated heterocycles. The molecule has 11 rings (SSSR count). The van der Waals surface area contributed by atoms with Gasteiger partial charge in [0.15, 0.2) is 0 Å². The van der Waals surface area contributed by atoms with Gasteiger partial charge in [0.25, 0.3) is 0 Å². The van der Waals surface area contributed by atoms with E-state index in [0.717, 1.165) is 0 Å². The average Bonchev–Trinajstić information content (AvgIpc) is 3.54. The zero-order chi connectivity index (χ0) is 32.8. The molecule has 0 aliphatic carbocycles. The Morgan fingerprint density at radius 1 is 0.340 bits per heavy atom. The third-order valence-corrected chi connectivity index (χ3v) is 11.7. The number of rotatable bonds is 3. The van der Waals surface area contributed by atoms with Crippen LogP contribution < -0.4 is 0 Å². The monoisotopic (exact) mass is 651 g/mol. The second kappa shape index (κ2) is 10.7. The highest BCUT2D eigenvalue weighted by Gasteiger charge is 2.20. The van der Waals surface area contributed by atoms with Crippen molar-refractivity contribution in [2.75, 3.05) is 0 Å². The quantitative estimate of drug-likeness (QED) is 0.184. The summed E-state index contributed by atoms with van der Waals surface area (Å²) >= 11 is 1.88. The van der Waals surface area contributed by atoms with Crippen LogP contribution in [0.25, 0.3) is 93.2 Å². The second-order valence-corrected chi connectivity index (χ2v) is 14.4. The van der Waals surface area contributed by atoms with E-state index in [-0.39, 0.29) is 0 Å². The molecular weight excluding hydrogens is 623 g/mol. The summed E-state index contributed by atoms with van der Waals surface area (Å²) in [5.74, 6) is 0. The van der Waals surface area contributed by atoms with Gasteiger partial charge in [-0.2, -0.15) is 0 Å². The van der Waals surface area contributed by atoms with Crippen LogP contribution in [0.15, 0.2) is 186 Å². The molecule has 0 N–H and O–H groups in total. The summed E-state index contributed by atoms with van der Waals surface area (Å²) in [5, 5.41) is 10.3. The first-order valence-corrected chi connectivity index (χ1v) is 18.0. The number of benzene rings is 9. The average molecular weight is 652 g/mol. The maximum atomic E-state index is 2.49. The lowest BCUT2D eigenvalue weighted by atomic mass is 9.93. The van der Waals surface area contributed by atoms with Gasteiger partial charge in [0.1, 0.15) is 0 Å². The van der Waals surface area contributed by atoms with E-state index in [1.54, 1.807) is 0 Å². The van der Waals surface area contributed by atoms with E-state index in [0.29, 0.717) is 0 Å². The summed E-state index contributed by atoms with van der Waals surface area (Å²) in [4.78, 5) is 2.66. The smallest absolute Gasteiger partial charge is 0.0619 e. The van der Waals surface area contributed by atoms with Gasteiger partial charge in [0, 0.05) is 42.4 Å². The van der Waals surface area contributed by atoms with Gasteiger partial charge in [0.05, 0.1) is 11.0 Å². The minimum Gasteiger partial charge on any atom is -0.308 e. The molecule has 1 nitrogen and oxygen atoms in total. The number of hydrogen-bond acceptors (Lipinski definition) is 1. The molecule has 2 heteroatoms. The van der Waals surface area contributed by atoms with Crippen molar-refractivity contribution in [3.8, 4) is 39.1 Å². The van der Waals surface area contributed by atoms with Crippen molar-refractivity contribution in [3.63, 3.8) is 0 Å². The molecule has 9 aromatic carbocycles. The van der Waals surface area contributed by atoms with Gasteiger partial charge in [-0.15, -0.1) is 0 Å².